The van der Waals surface area contributed by atoms with E-state index in [-0.39, 0.29) is 0 Å². The molecule has 0 aliphatic carbocycles. The van der Waals surface area contributed by atoms with Gasteiger partial charge in [0.1, 0.15) is 17.1 Å². The van der Waals surface area contributed by atoms with Crippen LogP contribution in [-0.4, -0.2) is 0 Å². The van der Waals surface area contributed by atoms with Crippen molar-refractivity contribution in [2.75, 3.05) is 4.90 Å². The first-order chi connectivity index (χ1) is 21.3. The quantitative estimate of drug-likeness (QED) is 0.218. The lowest BCUT2D eigenvalue weighted by molar-refractivity contribution is 0.487. The normalized spacial score (nSPS) is 11.9. The van der Waals surface area contributed by atoms with Gasteiger partial charge in [0.2, 0.25) is 0 Å². The number of anilines is 3. The number of hydrogen-bond acceptors (Lipinski definition) is 3. The Morgan fingerprint density at radius 3 is 2.07 bits per heavy atom. The molecule has 0 radical (unpaired) electrons. The van der Waals surface area contributed by atoms with Crippen LogP contribution < -0.4 is 9.64 Å². The van der Waals surface area contributed by atoms with Crippen LogP contribution in [0.1, 0.15) is 0 Å². The molecule has 0 spiro atoms. The lowest BCUT2D eigenvalue weighted by Crippen LogP contribution is -2.11. The number of benzene rings is 7. The molecule has 0 bridgehead atoms. The predicted octanol–water partition coefficient (Wildman–Crippen LogP) is 11.6. The Balaban J connectivity index is 1.28. The number of ether oxygens (including phenoxy) is 1. The maximum Gasteiger partial charge on any atom is 0.159 e. The molecule has 3 nitrogen and oxygen atoms in total. The molecule has 43 heavy (non-hydrogen) atoms. The Bertz CT molecular complexity index is 2320. The van der Waals surface area contributed by atoms with E-state index in [1.54, 1.807) is 0 Å². The van der Waals surface area contributed by atoms with Crippen LogP contribution >= 0.6 is 0 Å². The number of furan rings is 1. The van der Waals surface area contributed by atoms with Gasteiger partial charge in [-0.05, 0) is 65.2 Å². The predicted molar refractivity (Wildman–Crippen MR) is 177 cm³/mol. The molecule has 0 fully saturated rings. The molecule has 1 aliphatic rings. The summed E-state index contributed by atoms with van der Waals surface area (Å²) in [5, 5.41) is 4.44. The Kier molecular flexibility index (Phi) is 5.20. The van der Waals surface area contributed by atoms with Gasteiger partial charge in [-0.15, -0.1) is 0 Å². The van der Waals surface area contributed by atoms with E-state index in [0.717, 1.165) is 72.4 Å². The van der Waals surface area contributed by atoms with Crippen LogP contribution in [0.2, 0.25) is 0 Å². The lowest BCUT2D eigenvalue weighted by atomic mass is 9.92. The van der Waals surface area contributed by atoms with Crippen molar-refractivity contribution >= 4 is 49.8 Å². The van der Waals surface area contributed by atoms with E-state index < -0.39 is 0 Å². The molecular formula is C40H25NO2. The molecule has 1 aromatic heterocycles. The fraction of sp³-hybridized carbons (Fsp3) is 0. The summed E-state index contributed by atoms with van der Waals surface area (Å²) in [7, 11) is 0. The Labute approximate surface area is 248 Å². The Hall–Kier alpha value is -5.80. The van der Waals surface area contributed by atoms with E-state index in [1.165, 1.54) is 11.1 Å². The van der Waals surface area contributed by atoms with E-state index in [1.807, 2.05) is 18.2 Å². The first kappa shape index (κ1) is 23.9. The molecule has 8 aromatic rings. The van der Waals surface area contributed by atoms with Crippen molar-refractivity contribution in [3.63, 3.8) is 0 Å². The molecule has 0 saturated heterocycles. The summed E-state index contributed by atoms with van der Waals surface area (Å²) >= 11 is 0. The van der Waals surface area contributed by atoms with E-state index in [2.05, 4.69) is 138 Å². The summed E-state index contributed by atoms with van der Waals surface area (Å²) in [6.45, 7) is 0. The summed E-state index contributed by atoms with van der Waals surface area (Å²) in [5.74, 6) is 1.74. The number of rotatable bonds is 4. The minimum atomic E-state index is 0.863. The van der Waals surface area contributed by atoms with Gasteiger partial charge in [-0.3, -0.25) is 0 Å². The van der Waals surface area contributed by atoms with Crippen LogP contribution in [0.15, 0.2) is 156 Å². The van der Waals surface area contributed by atoms with E-state index >= 15 is 0 Å². The van der Waals surface area contributed by atoms with Crippen LogP contribution in [0.5, 0.6) is 11.5 Å². The Morgan fingerprint density at radius 2 is 1.19 bits per heavy atom. The monoisotopic (exact) mass is 551 g/mol. The third-order valence-electron chi connectivity index (χ3n) is 8.46. The molecule has 0 amide bonds. The van der Waals surface area contributed by atoms with Gasteiger partial charge >= 0.3 is 0 Å². The van der Waals surface area contributed by atoms with Gasteiger partial charge in [0.15, 0.2) is 5.58 Å². The van der Waals surface area contributed by atoms with Crippen molar-refractivity contribution < 1.29 is 9.15 Å². The molecule has 7 aromatic carbocycles. The second-order valence-electron chi connectivity index (χ2n) is 10.9. The second-order valence-corrected chi connectivity index (χ2v) is 10.9. The number of fused-ring (bicyclic) bond motifs is 5. The zero-order chi connectivity index (χ0) is 28.3. The molecule has 0 N–H and O–H groups in total. The topological polar surface area (TPSA) is 25.6 Å². The van der Waals surface area contributed by atoms with E-state index in [4.69, 9.17) is 9.15 Å². The molecule has 0 unspecified atom stereocenters. The zero-order valence-corrected chi connectivity index (χ0v) is 23.2. The summed E-state index contributed by atoms with van der Waals surface area (Å²) in [4.78, 5) is 2.31. The van der Waals surface area contributed by atoms with Gasteiger partial charge in [-0.1, -0.05) is 103 Å². The minimum absolute atomic E-state index is 0.863. The van der Waals surface area contributed by atoms with Crippen molar-refractivity contribution in [3.05, 3.63) is 152 Å². The second kappa shape index (κ2) is 9.37. The van der Waals surface area contributed by atoms with Crippen molar-refractivity contribution in [2.24, 2.45) is 0 Å². The van der Waals surface area contributed by atoms with Crippen molar-refractivity contribution in [2.45, 2.75) is 0 Å². The van der Waals surface area contributed by atoms with Crippen molar-refractivity contribution in [3.8, 4) is 33.8 Å². The highest BCUT2D eigenvalue weighted by Gasteiger charge is 2.26. The van der Waals surface area contributed by atoms with Gasteiger partial charge in [0, 0.05) is 32.8 Å². The van der Waals surface area contributed by atoms with Crippen LogP contribution in [-0.2, 0) is 0 Å². The SMILES string of the molecule is c1ccc(-c2ccc3c(c2)Oc2ccc(N(c4ccccc4)c4cccc5c4oc4ccccc45)c4cccc-3c24)cc1. The van der Waals surface area contributed by atoms with Gasteiger partial charge in [-0.25, -0.2) is 0 Å². The highest BCUT2D eigenvalue weighted by molar-refractivity contribution is 6.14. The standard InChI is InChI=1S/C40H25NO2/c1-3-11-26(12-4-1)27-21-22-30-31-16-9-18-33-34(23-24-37(39(31)33)42-38(30)25-27)41(28-13-5-2-6-14-28)35-19-10-17-32-29-15-7-8-20-36(29)43-40(32)35/h1-25H. The molecular weight excluding hydrogens is 526 g/mol. The van der Waals surface area contributed by atoms with Crippen molar-refractivity contribution in [1.29, 1.82) is 0 Å². The molecule has 9 rings (SSSR count). The van der Waals surface area contributed by atoms with Crippen LogP contribution in [0.4, 0.5) is 17.1 Å². The highest BCUT2D eigenvalue weighted by Crippen LogP contribution is 2.52. The maximum absolute atomic E-state index is 6.63. The summed E-state index contributed by atoms with van der Waals surface area (Å²) < 4.78 is 13.2. The first-order valence-corrected chi connectivity index (χ1v) is 14.5. The van der Waals surface area contributed by atoms with E-state index in [9.17, 15) is 0 Å². The van der Waals surface area contributed by atoms with Crippen LogP contribution in [0, 0.1) is 0 Å². The van der Waals surface area contributed by atoms with E-state index in [0.29, 0.717) is 0 Å². The summed E-state index contributed by atoms with van der Waals surface area (Å²) in [5.41, 5.74) is 9.44. The lowest BCUT2D eigenvalue weighted by Gasteiger charge is -2.29. The summed E-state index contributed by atoms with van der Waals surface area (Å²) in [6, 6.07) is 52.9. The smallest absolute Gasteiger partial charge is 0.159 e. The molecule has 1 aliphatic heterocycles. The minimum Gasteiger partial charge on any atom is -0.456 e. The number of para-hydroxylation sites is 3. The van der Waals surface area contributed by atoms with Crippen LogP contribution in [0.3, 0.4) is 0 Å². The molecule has 0 saturated carbocycles. The van der Waals surface area contributed by atoms with Gasteiger partial charge in [0.25, 0.3) is 0 Å². The average Bonchev–Trinajstić information content (AvgIpc) is 3.46. The third kappa shape index (κ3) is 3.68. The molecule has 2 heterocycles. The Morgan fingerprint density at radius 1 is 0.442 bits per heavy atom. The maximum atomic E-state index is 6.63. The molecule has 202 valence electrons. The first-order valence-electron chi connectivity index (χ1n) is 14.5. The average molecular weight is 552 g/mol. The largest absolute Gasteiger partial charge is 0.456 e. The van der Waals surface area contributed by atoms with Gasteiger partial charge in [0.05, 0.1) is 11.4 Å². The van der Waals surface area contributed by atoms with Gasteiger partial charge in [-0.2, -0.15) is 0 Å². The van der Waals surface area contributed by atoms with Crippen molar-refractivity contribution in [1.82, 2.24) is 0 Å². The third-order valence-corrected chi connectivity index (χ3v) is 8.46. The fourth-order valence-corrected chi connectivity index (χ4v) is 6.51. The highest BCUT2D eigenvalue weighted by atomic mass is 16.5. The fourth-order valence-electron chi connectivity index (χ4n) is 6.51. The molecule has 0 atom stereocenters. The molecule has 3 heteroatoms. The van der Waals surface area contributed by atoms with Crippen LogP contribution in [0.25, 0.3) is 55.0 Å². The number of nitrogens with zero attached hydrogens (tertiary/aromatic N) is 1. The zero-order valence-electron chi connectivity index (χ0n) is 23.2. The summed E-state index contributed by atoms with van der Waals surface area (Å²) in [6.07, 6.45) is 0. The van der Waals surface area contributed by atoms with Gasteiger partial charge < -0.3 is 14.1 Å². The number of hydrogen-bond donors (Lipinski definition) is 0.